The number of hydrogen-bond acceptors (Lipinski definition) is 0. The highest BCUT2D eigenvalue weighted by Crippen LogP contribution is 2.36. The van der Waals surface area contributed by atoms with Gasteiger partial charge in [0.15, 0.2) is 0 Å². The maximum absolute atomic E-state index is 2.68. The Morgan fingerprint density at radius 3 is 1.17 bits per heavy atom. The van der Waals surface area contributed by atoms with Gasteiger partial charge in [-0.3, -0.25) is 0 Å². The average Bonchev–Trinajstić information content (AvgIpc) is 3.68. The molecule has 0 amide bonds. The van der Waals surface area contributed by atoms with Crippen molar-refractivity contribution in [1.29, 1.82) is 0 Å². The second-order valence-electron chi connectivity index (χ2n) is 12.1. The predicted octanol–water partition coefficient (Wildman–Crippen LogP) is 5.06. The van der Waals surface area contributed by atoms with Gasteiger partial charge in [0.05, 0.1) is 37.6 Å². The quantitative estimate of drug-likeness (QED) is 0.225. The van der Waals surface area contributed by atoms with Crippen LogP contribution < -0.4 is 21.4 Å². The molecule has 5 heteroatoms. The summed E-state index contributed by atoms with van der Waals surface area (Å²) in [6.07, 6.45) is 18.8. The predicted molar refractivity (Wildman–Crippen MR) is 180 cm³/mol. The molecule has 0 N–H and O–H groups in total. The van der Waals surface area contributed by atoms with E-state index in [2.05, 4.69) is 97.5 Å². The van der Waals surface area contributed by atoms with Crippen LogP contribution >= 0.6 is 8.88 Å². The van der Waals surface area contributed by atoms with E-state index in [1.54, 1.807) is 22.3 Å². The van der Waals surface area contributed by atoms with Gasteiger partial charge in [0.1, 0.15) is 0 Å². The fraction of sp³-hybridized carbons (Fsp3) is 0.459. The molecule has 42 heavy (non-hydrogen) atoms. The Morgan fingerprint density at radius 1 is 0.405 bits per heavy atom. The molecule has 0 radical (unpaired) electrons. The first-order valence-electron chi connectivity index (χ1n) is 16.7. The number of hydrogen-bond donors (Lipinski definition) is 0. The molecule has 0 aliphatic carbocycles. The summed E-state index contributed by atoms with van der Waals surface area (Å²) >= 11 is 0. The van der Waals surface area contributed by atoms with E-state index in [9.17, 15) is 0 Å². The Morgan fingerprint density at radius 2 is 0.738 bits per heavy atom. The molecular formula is C37H47N4P. The molecule has 0 spiro atoms. The molecule has 7 rings (SSSR count). The largest absolute Gasteiger partial charge is 0.322 e. The monoisotopic (exact) mass is 578 g/mol. The van der Waals surface area contributed by atoms with Gasteiger partial charge in [0.2, 0.25) is 0 Å². The molecule has 4 aromatic heterocycles. The zero-order valence-corrected chi connectivity index (χ0v) is 28.0. The van der Waals surface area contributed by atoms with Crippen LogP contribution in [0.3, 0.4) is 0 Å². The molecule has 0 saturated heterocycles. The lowest BCUT2D eigenvalue weighted by atomic mass is 10.0. The molecule has 4 nitrogen and oxygen atoms in total. The van der Waals surface area contributed by atoms with Gasteiger partial charge >= 0.3 is 0 Å². The van der Waals surface area contributed by atoms with Crippen molar-refractivity contribution in [3.8, 4) is 0 Å². The minimum absolute atomic E-state index is 0.542. The topological polar surface area (TPSA) is 19.7 Å². The van der Waals surface area contributed by atoms with Gasteiger partial charge in [-0.25, -0.2) is 0 Å². The lowest BCUT2D eigenvalue weighted by Gasteiger charge is -2.20. The van der Waals surface area contributed by atoms with Gasteiger partial charge in [-0.1, -0.05) is 55.4 Å². The molecule has 7 heterocycles. The molecule has 220 valence electrons. The highest BCUT2D eigenvalue weighted by Gasteiger charge is 2.28. The first-order chi connectivity index (χ1) is 20.5. The SMILES string of the molecule is CCc1c(CC)c2n3c1C=c1c(CC)c(CC)/c(n1C3)=C/c1c(CC)c(CC)c3n1Pn1c(c(CC)c(CC)/c1=C/2)=C3. The summed E-state index contributed by atoms with van der Waals surface area (Å²) in [5, 5.41) is 5.74. The van der Waals surface area contributed by atoms with Crippen molar-refractivity contribution < 1.29 is 0 Å². The zero-order valence-electron chi connectivity index (χ0n) is 27.0. The van der Waals surface area contributed by atoms with Gasteiger partial charge < -0.3 is 17.8 Å². The minimum Gasteiger partial charge on any atom is -0.322 e. The first kappa shape index (κ1) is 27.8. The summed E-state index contributed by atoms with van der Waals surface area (Å²) < 4.78 is 10.7. The van der Waals surface area contributed by atoms with E-state index in [0.717, 1.165) is 58.0 Å². The summed E-state index contributed by atoms with van der Waals surface area (Å²) in [4.78, 5) is 0. The van der Waals surface area contributed by atoms with Gasteiger partial charge in [0, 0.05) is 22.1 Å². The van der Waals surface area contributed by atoms with Crippen LogP contribution in [0, 0.1) is 0 Å². The smallest absolute Gasteiger partial charge is 0.1000 e. The van der Waals surface area contributed by atoms with E-state index in [0.29, 0.717) is 8.88 Å². The van der Waals surface area contributed by atoms with E-state index in [-0.39, 0.29) is 0 Å². The summed E-state index contributed by atoms with van der Waals surface area (Å²) in [6, 6.07) is 0. The van der Waals surface area contributed by atoms with E-state index >= 15 is 0 Å². The molecular weight excluding hydrogens is 531 g/mol. The van der Waals surface area contributed by atoms with Crippen LogP contribution in [0.2, 0.25) is 0 Å². The third-order valence-corrected chi connectivity index (χ3v) is 11.8. The van der Waals surface area contributed by atoms with Crippen molar-refractivity contribution in [2.24, 2.45) is 0 Å². The van der Waals surface area contributed by atoms with Crippen LogP contribution in [-0.4, -0.2) is 17.8 Å². The van der Waals surface area contributed by atoms with E-state index in [1.165, 1.54) is 66.4 Å². The molecule has 1 unspecified atom stereocenters. The fourth-order valence-corrected chi connectivity index (χ4v) is 10.1. The van der Waals surface area contributed by atoms with Crippen LogP contribution in [0.15, 0.2) is 0 Å². The number of nitrogens with zero attached hydrogens (tertiary/aromatic N) is 4. The highest BCUT2D eigenvalue weighted by atomic mass is 31.1. The Balaban J connectivity index is 1.76. The van der Waals surface area contributed by atoms with Crippen molar-refractivity contribution in [3.63, 3.8) is 0 Å². The van der Waals surface area contributed by atoms with Gasteiger partial charge in [-0.15, -0.1) is 0 Å². The average molecular weight is 579 g/mol. The summed E-state index contributed by atoms with van der Waals surface area (Å²) in [6.45, 7) is 19.7. The van der Waals surface area contributed by atoms with E-state index in [4.69, 9.17) is 0 Å². The van der Waals surface area contributed by atoms with Crippen molar-refractivity contribution in [3.05, 3.63) is 88.7 Å². The number of aromatic nitrogens is 4. The second-order valence-corrected chi connectivity index (χ2v) is 13.2. The molecule has 3 aliphatic heterocycles. The maximum Gasteiger partial charge on any atom is 0.1000 e. The molecule has 0 aromatic carbocycles. The van der Waals surface area contributed by atoms with Gasteiger partial charge in [0.25, 0.3) is 0 Å². The molecule has 1 atom stereocenters. The Bertz CT molecular complexity index is 1870. The van der Waals surface area contributed by atoms with Crippen LogP contribution in [-0.2, 0) is 58.0 Å². The lowest BCUT2D eigenvalue weighted by molar-refractivity contribution is 0.564. The maximum atomic E-state index is 2.68. The standard InChI is InChI=1S/C37H47N4P/c1-9-22-24(11-3)32-18-34-26(13-5)28(15-7)36-20-37-29(16-8)27(14-6)35(41(37)42-40(34)36)19-33-25(12-4)23(10-2)31-17-30(22)38(32)21-39(31)33/h17-20,42H,9-16,21H2,1-8H3/b32-18-,33-19?,34-18?,35-19-. The molecule has 4 aromatic rings. The van der Waals surface area contributed by atoms with Crippen LogP contribution in [0.25, 0.3) is 24.3 Å². The van der Waals surface area contributed by atoms with Crippen molar-refractivity contribution >= 4 is 33.2 Å². The Labute approximate surface area is 252 Å². The third-order valence-electron chi connectivity index (χ3n) is 10.5. The highest BCUT2D eigenvalue weighted by molar-refractivity contribution is 7.34. The van der Waals surface area contributed by atoms with Gasteiger partial charge in [-0.2, -0.15) is 0 Å². The molecule has 0 fully saturated rings. The first-order valence-corrected chi connectivity index (χ1v) is 17.6. The normalized spacial score (nSPS) is 16.3. The lowest BCUT2D eigenvalue weighted by Crippen LogP contribution is -2.36. The third kappa shape index (κ3) is 3.51. The summed E-state index contributed by atoms with van der Waals surface area (Å²) in [5.74, 6) is 0. The summed E-state index contributed by atoms with van der Waals surface area (Å²) in [7, 11) is 0.542. The second kappa shape index (κ2) is 10.3. The zero-order chi connectivity index (χ0) is 29.4. The van der Waals surface area contributed by atoms with Gasteiger partial charge in [-0.05, 0) is 120 Å². The van der Waals surface area contributed by atoms with Crippen LogP contribution in [0.4, 0.5) is 0 Å². The van der Waals surface area contributed by atoms with E-state index in [1.807, 2.05) is 0 Å². The van der Waals surface area contributed by atoms with Crippen molar-refractivity contribution in [1.82, 2.24) is 17.8 Å². The minimum atomic E-state index is 0.542. The Hall–Kier alpha value is -2.97. The van der Waals surface area contributed by atoms with E-state index < -0.39 is 0 Å². The summed E-state index contributed by atoms with van der Waals surface area (Å²) in [5.41, 5.74) is 18.1. The Kier molecular flexibility index (Phi) is 6.85. The molecule has 0 saturated carbocycles. The van der Waals surface area contributed by atoms with Crippen LogP contribution in [0.5, 0.6) is 0 Å². The fourth-order valence-electron chi connectivity index (χ4n) is 8.65. The van der Waals surface area contributed by atoms with Crippen molar-refractivity contribution in [2.75, 3.05) is 0 Å². The van der Waals surface area contributed by atoms with Crippen molar-refractivity contribution in [2.45, 2.75) is 113 Å². The molecule has 3 aliphatic rings. The molecule has 4 bridgehead atoms. The van der Waals surface area contributed by atoms with Crippen LogP contribution in [0.1, 0.15) is 123 Å². The number of rotatable bonds is 8.